The van der Waals surface area contributed by atoms with Crippen LogP contribution in [0.25, 0.3) is 0 Å². The van der Waals surface area contributed by atoms with Crippen LogP contribution in [0.2, 0.25) is 0 Å². The first-order chi connectivity index (χ1) is 11.2. The molecule has 2 aliphatic rings. The predicted molar refractivity (Wildman–Crippen MR) is 85.4 cm³/mol. The summed E-state index contributed by atoms with van der Waals surface area (Å²) in [6.07, 6.45) is 6.87. The molecular formula is C16H22N6O. The van der Waals surface area contributed by atoms with Crippen LogP contribution in [0.5, 0.6) is 0 Å². The highest BCUT2D eigenvalue weighted by atomic mass is 16.1. The second-order valence-electron chi connectivity index (χ2n) is 6.22. The number of hydrazine groups is 1. The molecule has 3 rings (SSSR count). The van der Waals surface area contributed by atoms with Gasteiger partial charge in [-0.25, -0.2) is 15.0 Å². The van der Waals surface area contributed by atoms with Crippen molar-refractivity contribution in [2.75, 3.05) is 24.5 Å². The Bertz CT molecular complexity index is 592. The molecule has 122 valence electrons. The minimum absolute atomic E-state index is 0.0693. The van der Waals surface area contributed by atoms with Crippen LogP contribution in [0.15, 0.2) is 18.5 Å². The number of carbonyl (C=O) groups is 1. The van der Waals surface area contributed by atoms with Gasteiger partial charge < -0.3 is 4.90 Å². The van der Waals surface area contributed by atoms with Gasteiger partial charge in [-0.1, -0.05) is 0 Å². The number of nitriles is 1. The van der Waals surface area contributed by atoms with E-state index in [1.54, 1.807) is 12.4 Å². The molecule has 23 heavy (non-hydrogen) atoms. The zero-order valence-electron chi connectivity index (χ0n) is 13.4. The van der Waals surface area contributed by atoms with Crippen LogP contribution < -0.4 is 10.3 Å². The van der Waals surface area contributed by atoms with Crippen LogP contribution in [-0.4, -0.2) is 52.0 Å². The topological polar surface area (TPSA) is 85.2 Å². The Balaban J connectivity index is 1.59. The summed E-state index contributed by atoms with van der Waals surface area (Å²) in [6, 6.07) is 4.33. The number of anilines is 1. The van der Waals surface area contributed by atoms with Gasteiger partial charge in [0.05, 0.1) is 6.07 Å². The number of hydrogen-bond acceptors (Lipinski definition) is 7. The Kier molecular flexibility index (Phi) is 4.55. The summed E-state index contributed by atoms with van der Waals surface area (Å²) in [5.41, 5.74) is 2.45. The van der Waals surface area contributed by atoms with Crippen molar-refractivity contribution in [3.05, 3.63) is 18.5 Å². The summed E-state index contributed by atoms with van der Waals surface area (Å²) >= 11 is 0. The average molecular weight is 314 g/mol. The Hall–Kier alpha value is -2.04. The second-order valence-corrected chi connectivity index (χ2v) is 6.22. The molecule has 0 saturated carbocycles. The Morgan fingerprint density at radius 3 is 2.65 bits per heavy atom. The van der Waals surface area contributed by atoms with Gasteiger partial charge in [0, 0.05) is 38.1 Å². The number of hydrogen-bond donors (Lipinski definition) is 1. The van der Waals surface area contributed by atoms with E-state index in [0.717, 1.165) is 44.8 Å². The fraction of sp³-hybridized carbons (Fsp3) is 0.625. The van der Waals surface area contributed by atoms with Crippen molar-refractivity contribution in [3.8, 4) is 6.07 Å². The number of carbonyl (C=O) groups excluding carboxylic acids is 1. The maximum Gasteiger partial charge on any atom is 0.225 e. The zero-order valence-corrected chi connectivity index (χ0v) is 13.4. The fourth-order valence-corrected chi connectivity index (χ4v) is 3.44. The van der Waals surface area contributed by atoms with E-state index in [4.69, 9.17) is 0 Å². The summed E-state index contributed by atoms with van der Waals surface area (Å²) in [5.74, 6) is 0.697. The Labute approximate surface area is 136 Å². The first-order valence-electron chi connectivity index (χ1n) is 8.14. The normalized spacial score (nSPS) is 26.2. The minimum Gasteiger partial charge on any atom is -0.341 e. The minimum atomic E-state index is -0.986. The van der Waals surface area contributed by atoms with E-state index in [2.05, 4.69) is 26.4 Å². The van der Waals surface area contributed by atoms with Crippen molar-refractivity contribution in [3.63, 3.8) is 0 Å². The first-order valence-corrected chi connectivity index (χ1v) is 8.14. The molecule has 0 aliphatic carbocycles. The van der Waals surface area contributed by atoms with Gasteiger partial charge in [0.2, 0.25) is 5.95 Å². The highest BCUT2D eigenvalue weighted by Gasteiger charge is 2.46. The molecule has 1 atom stereocenters. The van der Waals surface area contributed by atoms with E-state index >= 15 is 0 Å². The molecule has 2 saturated heterocycles. The van der Waals surface area contributed by atoms with E-state index < -0.39 is 5.54 Å². The summed E-state index contributed by atoms with van der Waals surface area (Å²) in [4.78, 5) is 22.7. The van der Waals surface area contributed by atoms with E-state index in [1.165, 1.54) is 6.92 Å². The summed E-state index contributed by atoms with van der Waals surface area (Å²) in [5, 5.41) is 11.4. The average Bonchev–Trinajstić information content (AvgIpc) is 3.00. The SMILES string of the molecule is CC(=O)C1(C#N)CCCN1NC1CCN(c2ncccn2)CC1. The van der Waals surface area contributed by atoms with Crippen molar-refractivity contribution in [1.82, 2.24) is 20.4 Å². The van der Waals surface area contributed by atoms with Gasteiger partial charge in [-0.05, 0) is 38.7 Å². The van der Waals surface area contributed by atoms with Gasteiger partial charge in [-0.3, -0.25) is 10.2 Å². The summed E-state index contributed by atoms with van der Waals surface area (Å²) < 4.78 is 0. The highest BCUT2D eigenvalue weighted by molar-refractivity contribution is 5.89. The van der Waals surface area contributed by atoms with Crippen molar-refractivity contribution >= 4 is 11.7 Å². The van der Waals surface area contributed by atoms with Gasteiger partial charge in [-0.15, -0.1) is 0 Å². The van der Waals surface area contributed by atoms with E-state index in [1.807, 2.05) is 11.1 Å². The molecule has 2 fully saturated rings. The molecule has 7 heteroatoms. The van der Waals surface area contributed by atoms with Gasteiger partial charge in [0.25, 0.3) is 0 Å². The maximum atomic E-state index is 12.0. The number of aromatic nitrogens is 2. The number of rotatable bonds is 4. The van der Waals surface area contributed by atoms with Crippen LogP contribution in [-0.2, 0) is 4.79 Å². The van der Waals surface area contributed by atoms with Crippen LogP contribution in [0.3, 0.4) is 0 Å². The maximum absolute atomic E-state index is 12.0. The smallest absolute Gasteiger partial charge is 0.225 e. The number of Topliss-reactive ketones (excluding diaryl/α,β-unsaturated/α-hetero) is 1. The van der Waals surface area contributed by atoms with E-state index in [9.17, 15) is 10.1 Å². The molecule has 3 heterocycles. The van der Waals surface area contributed by atoms with E-state index in [0.29, 0.717) is 6.42 Å². The lowest BCUT2D eigenvalue weighted by atomic mass is 9.94. The van der Waals surface area contributed by atoms with Crippen molar-refractivity contribution in [2.45, 2.75) is 44.2 Å². The molecule has 0 spiro atoms. The van der Waals surface area contributed by atoms with Crippen molar-refractivity contribution in [2.24, 2.45) is 0 Å². The lowest BCUT2D eigenvalue weighted by Gasteiger charge is -2.38. The molecule has 0 aromatic carbocycles. The number of ketones is 1. The second kappa shape index (κ2) is 6.60. The van der Waals surface area contributed by atoms with Crippen LogP contribution in [0.4, 0.5) is 5.95 Å². The molecule has 1 aromatic heterocycles. The highest BCUT2D eigenvalue weighted by Crippen LogP contribution is 2.29. The largest absolute Gasteiger partial charge is 0.341 e. The quantitative estimate of drug-likeness (QED) is 0.883. The van der Waals surface area contributed by atoms with Gasteiger partial charge >= 0.3 is 0 Å². The standard InChI is InChI=1S/C16H22N6O/c1-13(23)16(12-17)6-2-9-22(16)20-14-4-10-21(11-5-14)15-18-7-3-8-19-15/h3,7-8,14,20H,2,4-6,9-11H2,1H3. The molecular weight excluding hydrogens is 292 g/mol. The molecule has 1 N–H and O–H groups in total. The van der Waals surface area contributed by atoms with Crippen LogP contribution >= 0.6 is 0 Å². The molecule has 0 amide bonds. The van der Waals surface area contributed by atoms with Crippen LogP contribution in [0, 0.1) is 11.3 Å². The number of nitrogens with zero attached hydrogens (tertiary/aromatic N) is 5. The molecule has 2 aliphatic heterocycles. The molecule has 0 radical (unpaired) electrons. The van der Waals surface area contributed by atoms with Gasteiger partial charge in [0.15, 0.2) is 11.3 Å². The third kappa shape index (κ3) is 3.05. The van der Waals surface area contributed by atoms with Gasteiger partial charge in [-0.2, -0.15) is 5.26 Å². The predicted octanol–water partition coefficient (Wildman–Crippen LogP) is 0.897. The first kappa shape index (κ1) is 15.8. The van der Waals surface area contributed by atoms with Crippen LogP contribution in [0.1, 0.15) is 32.6 Å². The Morgan fingerprint density at radius 2 is 2.04 bits per heavy atom. The summed E-state index contributed by atoms with van der Waals surface area (Å²) in [7, 11) is 0. The molecule has 1 unspecified atom stereocenters. The number of piperidine rings is 1. The lowest BCUT2D eigenvalue weighted by Crippen LogP contribution is -2.59. The van der Waals surface area contributed by atoms with Crippen molar-refractivity contribution in [1.29, 1.82) is 5.26 Å². The molecule has 0 bridgehead atoms. The molecule has 1 aromatic rings. The monoisotopic (exact) mass is 314 g/mol. The summed E-state index contributed by atoms with van der Waals surface area (Å²) in [6.45, 7) is 4.00. The Morgan fingerprint density at radius 1 is 1.35 bits per heavy atom. The fourth-order valence-electron chi connectivity index (χ4n) is 3.44. The lowest BCUT2D eigenvalue weighted by molar-refractivity contribution is -0.126. The van der Waals surface area contributed by atoms with Crippen molar-refractivity contribution < 1.29 is 4.79 Å². The zero-order chi connectivity index (χ0) is 16.3. The third-order valence-corrected chi connectivity index (χ3v) is 4.82. The van der Waals surface area contributed by atoms with E-state index in [-0.39, 0.29) is 11.8 Å². The third-order valence-electron chi connectivity index (χ3n) is 4.82. The van der Waals surface area contributed by atoms with Gasteiger partial charge in [0.1, 0.15) is 0 Å². The number of nitrogens with one attached hydrogen (secondary N) is 1. The molecule has 7 nitrogen and oxygen atoms in total.